The molecule has 0 aliphatic rings. The van der Waals surface area contributed by atoms with Crippen LogP contribution in [0.1, 0.15) is 33.1 Å². The number of nitrogen functional groups attached to an aromatic ring is 1. The summed E-state index contributed by atoms with van der Waals surface area (Å²) in [7, 11) is 0. The van der Waals surface area contributed by atoms with Crippen LogP contribution < -0.4 is 16.0 Å². The summed E-state index contributed by atoms with van der Waals surface area (Å²) in [4.78, 5) is 14.6. The first-order chi connectivity index (χ1) is 9.21. The van der Waals surface area contributed by atoms with Gasteiger partial charge in [0.15, 0.2) is 0 Å². The number of anilines is 3. The van der Waals surface area contributed by atoms with E-state index in [1.807, 2.05) is 18.7 Å². The summed E-state index contributed by atoms with van der Waals surface area (Å²) < 4.78 is 0. The van der Waals surface area contributed by atoms with Crippen LogP contribution in [0.4, 0.5) is 17.8 Å². The first-order valence-corrected chi connectivity index (χ1v) is 6.82. The maximum atomic E-state index is 8.70. The van der Waals surface area contributed by atoms with E-state index in [-0.39, 0.29) is 12.6 Å². The molecule has 7 heteroatoms. The Morgan fingerprint density at radius 1 is 1.11 bits per heavy atom. The summed E-state index contributed by atoms with van der Waals surface area (Å²) >= 11 is 0. The van der Waals surface area contributed by atoms with E-state index in [9.17, 15) is 0 Å². The zero-order valence-electron chi connectivity index (χ0n) is 11.8. The van der Waals surface area contributed by atoms with Gasteiger partial charge in [0.2, 0.25) is 17.8 Å². The van der Waals surface area contributed by atoms with E-state index >= 15 is 0 Å². The number of unbranched alkanes of at least 4 members (excludes halogenated alkanes) is 2. The molecular weight excluding hydrogens is 244 g/mol. The van der Waals surface area contributed by atoms with E-state index in [0.717, 1.165) is 38.9 Å². The molecule has 0 radical (unpaired) electrons. The predicted molar refractivity (Wildman–Crippen MR) is 77.2 cm³/mol. The largest absolute Gasteiger partial charge is 0.396 e. The van der Waals surface area contributed by atoms with Gasteiger partial charge < -0.3 is 21.1 Å². The number of aromatic nitrogens is 3. The normalized spacial score (nSPS) is 10.5. The van der Waals surface area contributed by atoms with Gasteiger partial charge in [-0.05, 0) is 33.1 Å². The molecule has 0 aliphatic heterocycles. The number of nitrogens with zero attached hydrogens (tertiary/aromatic N) is 4. The third-order valence-corrected chi connectivity index (χ3v) is 2.81. The van der Waals surface area contributed by atoms with Crippen LogP contribution in [0.5, 0.6) is 0 Å². The fourth-order valence-corrected chi connectivity index (χ4v) is 1.72. The van der Waals surface area contributed by atoms with Crippen LogP contribution in [0.25, 0.3) is 0 Å². The number of aliphatic hydroxyl groups excluding tert-OH is 1. The van der Waals surface area contributed by atoms with Crippen molar-refractivity contribution < 1.29 is 5.11 Å². The molecule has 0 saturated heterocycles. The molecule has 1 heterocycles. The van der Waals surface area contributed by atoms with Gasteiger partial charge in [-0.25, -0.2) is 0 Å². The van der Waals surface area contributed by atoms with Gasteiger partial charge in [-0.1, -0.05) is 0 Å². The van der Waals surface area contributed by atoms with E-state index in [1.165, 1.54) is 0 Å². The van der Waals surface area contributed by atoms with Crippen molar-refractivity contribution in [1.82, 2.24) is 15.0 Å². The van der Waals surface area contributed by atoms with Crippen LogP contribution in [0, 0.1) is 0 Å². The highest BCUT2D eigenvalue weighted by atomic mass is 16.2. The minimum absolute atomic E-state index is 0.231. The van der Waals surface area contributed by atoms with Crippen LogP contribution in [-0.2, 0) is 0 Å². The van der Waals surface area contributed by atoms with E-state index in [1.54, 1.807) is 0 Å². The third kappa shape index (κ3) is 5.25. The molecule has 0 saturated carbocycles. The standard InChI is InChI=1S/C12H24N6O/c1-3-18(4-2)12-16-10(13)15-11(17-12)14-8-6-5-7-9-19/h19H,3-9H2,1-2H3,(H3,13,14,15,16,17). The molecule has 0 spiro atoms. The molecule has 7 nitrogen and oxygen atoms in total. The van der Waals surface area contributed by atoms with Crippen molar-refractivity contribution in [3.05, 3.63) is 0 Å². The quantitative estimate of drug-likeness (QED) is 0.571. The number of aliphatic hydroxyl groups is 1. The first kappa shape index (κ1) is 15.4. The Bertz CT molecular complexity index is 369. The number of rotatable bonds is 9. The average Bonchev–Trinajstić information content (AvgIpc) is 2.39. The summed E-state index contributed by atoms with van der Waals surface area (Å²) in [5.41, 5.74) is 5.70. The lowest BCUT2D eigenvalue weighted by atomic mass is 10.2. The second-order valence-electron chi connectivity index (χ2n) is 4.20. The molecule has 0 aromatic carbocycles. The molecule has 0 atom stereocenters. The zero-order valence-corrected chi connectivity index (χ0v) is 11.8. The van der Waals surface area contributed by atoms with Crippen molar-refractivity contribution in [3.63, 3.8) is 0 Å². The topological polar surface area (TPSA) is 100 Å². The van der Waals surface area contributed by atoms with E-state index in [0.29, 0.717) is 11.9 Å². The van der Waals surface area contributed by atoms with Gasteiger partial charge in [0, 0.05) is 26.2 Å². The van der Waals surface area contributed by atoms with Crippen molar-refractivity contribution in [2.45, 2.75) is 33.1 Å². The highest BCUT2D eigenvalue weighted by Crippen LogP contribution is 2.11. The Balaban J connectivity index is 2.58. The fraction of sp³-hybridized carbons (Fsp3) is 0.750. The fourth-order valence-electron chi connectivity index (χ4n) is 1.72. The zero-order chi connectivity index (χ0) is 14.1. The molecule has 0 fully saturated rings. The first-order valence-electron chi connectivity index (χ1n) is 6.82. The third-order valence-electron chi connectivity index (χ3n) is 2.81. The molecule has 1 rings (SSSR count). The Morgan fingerprint density at radius 3 is 2.47 bits per heavy atom. The van der Waals surface area contributed by atoms with Gasteiger partial charge in [-0.15, -0.1) is 0 Å². The average molecular weight is 268 g/mol. The second kappa shape index (κ2) is 8.47. The summed E-state index contributed by atoms with van der Waals surface area (Å²) in [6.07, 6.45) is 2.77. The summed E-state index contributed by atoms with van der Waals surface area (Å²) in [6, 6.07) is 0. The van der Waals surface area contributed by atoms with Gasteiger partial charge >= 0.3 is 0 Å². The molecule has 1 aromatic rings. The lowest BCUT2D eigenvalue weighted by Crippen LogP contribution is -2.25. The van der Waals surface area contributed by atoms with Crippen molar-refractivity contribution in [1.29, 1.82) is 0 Å². The smallest absolute Gasteiger partial charge is 0.231 e. The van der Waals surface area contributed by atoms with E-state index in [2.05, 4.69) is 20.3 Å². The lowest BCUT2D eigenvalue weighted by molar-refractivity contribution is 0.283. The number of hydrogen-bond donors (Lipinski definition) is 3. The molecule has 0 amide bonds. The van der Waals surface area contributed by atoms with Crippen LogP contribution in [0.2, 0.25) is 0 Å². The predicted octanol–water partition coefficient (Wildman–Crippen LogP) is 0.874. The van der Waals surface area contributed by atoms with Gasteiger partial charge in [-0.2, -0.15) is 15.0 Å². The highest BCUT2D eigenvalue weighted by molar-refractivity contribution is 5.41. The molecule has 0 bridgehead atoms. The lowest BCUT2D eigenvalue weighted by Gasteiger charge is -2.19. The Hall–Kier alpha value is -1.63. The monoisotopic (exact) mass is 268 g/mol. The second-order valence-corrected chi connectivity index (χ2v) is 4.20. The summed E-state index contributed by atoms with van der Waals surface area (Å²) in [5, 5.41) is 11.8. The Morgan fingerprint density at radius 2 is 1.84 bits per heavy atom. The van der Waals surface area contributed by atoms with Gasteiger partial charge in [0.25, 0.3) is 0 Å². The van der Waals surface area contributed by atoms with Gasteiger partial charge in [0.1, 0.15) is 0 Å². The molecule has 0 unspecified atom stereocenters. The number of hydrogen-bond acceptors (Lipinski definition) is 7. The molecule has 19 heavy (non-hydrogen) atoms. The van der Waals surface area contributed by atoms with E-state index in [4.69, 9.17) is 10.8 Å². The minimum atomic E-state index is 0.231. The molecule has 108 valence electrons. The summed E-state index contributed by atoms with van der Waals surface area (Å²) in [5.74, 6) is 1.35. The van der Waals surface area contributed by atoms with E-state index < -0.39 is 0 Å². The molecule has 4 N–H and O–H groups in total. The van der Waals surface area contributed by atoms with Gasteiger partial charge in [0.05, 0.1) is 0 Å². The Kier molecular flexibility index (Phi) is 6.88. The van der Waals surface area contributed by atoms with Crippen molar-refractivity contribution in [3.8, 4) is 0 Å². The summed E-state index contributed by atoms with van der Waals surface area (Å²) in [6.45, 7) is 6.76. The van der Waals surface area contributed by atoms with Gasteiger partial charge in [-0.3, -0.25) is 0 Å². The highest BCUT2D eigenvalue weighted by Gasteiger charge is 2.09. The molecule has 1 aromatic heterocycles. The molecular formula is C12H24N6O. The number of nitrogens with one attached hydrogen (secondary N) is 1. The maximum absolute atomic E-state index is 8.70. The maximum Gasteiger partial charge on any atom is 0.231 e. The SMILES string of the molecule is CCN(CC)c1nc(N)nc(NCCCCCO)n1. The van der Waals surface area contributed by atoms with Crippen molar-refractivity contribution in [2.75, 3.05) is 42.2 Å². The van der Waals surface area contributed by atoms with Crippen LogP contribution in [0.15, 0.2) is 0 Å². The minimum Gasteiger partial charge on any atom is -0.396 e. The molecule has 0 aliphatic carbocycles. The van der Waals surface area contributed by atoms with Crippen LogP contribution in [-0.4, -0.2) is 46.3 Å². The number of nitrogens with two attached hydrogens (primary N) is 1. The van der Waals surface area contributed by atoms with Crippen LogP contribution >= 0.6 is 0 Å². The Labute approximate surface area is 114 Å². The van der Waals surface area contributed by atoms with Crippen molar-refractivity contribution >= 4 is 17.8 Å². The van der Waals surface area contributed by atoms with Crippen LogP contribution in [0.3, 0.4) is 0 Å². The van der Waals surface area contributed by atoms with Crippen molar-refractivity contribution in [2.24, 2.45) is 0 Å².